The Morgan fingerprint density at radius 2 is 2.08 bits per heavy atom. The molecule has 1 aliphatic rings. The molecule has 0 bridgehead atoms. The SMILES string of the molecule is CCNC(=NCc1ccnc2ccccc12)NCC1CCCN1CC.I. The lowest BCUT2D eigenvalue weighted by atomic mass is 10.1. The third-order valence-electron chi connectivity index (χ3n) is 4.90. The Bertz CT molecular complexity index is 713. The topological polar surface area (TPSA) is 52.6 Å². The predicted octanol–water partition coefficient (Wildman–Crippen LogP) is 3.39. The normalized spacial score (nSPS) is 17.9. The van der Waals surface area contributed by atoms with Gasteiger partial charge in [0.2, 0.25) is 0 Å². The van der Waals surface area contributed by atoms with Crippen LogP contribution in [0.1, 0.15) is 32.3 Å². The van der Waals surface area contributed by atoms with Gasteiger partial charge in [-0.3, -0.25) is 9.88 Å². The summed E-state index contributed by atoms with van der Waals surface area (Å²) in [4.78, 5) is 11.8. The molecular weight excluding hydrogens is 437 g/mol. The zero-order valence-corrected chi connectivity index (χ0v) is 18.1. The minimum atomic E-state index is 0. The molecule has 0 saturated carbocycles. The number of guanidine groups is 1. The molecule has 2 heterocycles. The fourth-order valence-corrected chi connectivity index (χ4v) is 3.56. The fourth-order valence-electron chi connectivity index (χ4n) is 3.56. The van der Waals surface area contributed by atoms with Crippen molar-refractivity contribution in [3.05, 3.63) is 42.1 Å². The minimum Gasteiger partial charge on any atom is -0.357 e. The van der Waals surface area contributed by atoms with Crippen molar-refractivity contribution in [2.24, 2.45) is 4.99 Å². The molecule has 26 heavy (non-hydrogen) atoms. The van der Waals surface area contributed by atoms with Crippen LogP contribution in [-0.2, 0) is 6.54 Å². The first kappa shape index (κ1) is 20.9. The number of rotatable bonds is 6. The number of aliphatic imine (C=N–C) groups is 1. The Kier molecular flexibility index (Phi) is 8.58. The molecule has 1 aliphatic heterocycles. The van der Waals surface area contributed by atoms with Gasteiger partial charge >= 0.3 is 0 Å². The quantitative estimate of drug-likeness (QED) is 0.389. The second kappa shape index (κ2) is 10.7. The molecule has 2 N–H and O–H groups in total. The van der Waals surface area contributed by atoms with Crippen molar-refractivity contribution in [1.82, 2.24) is 20.5 Å². The number of pyridine rings is 1. The Labute approximate surface area is 173 Å². The lowest BCUT2D eigenvalue weighted by Gasteiger charge is -2.24. The molecule has 0 aliphatic carbocycles. The second-order valence-corrected chi connectivity index (χ2v) is 6.49. The van der Waals surface area contributed by atoms with Gasteiger partial charge in [-0.1, -0.05) is 25.1 Å². The third-order valence-corrected chi connectivity index (χ3v) is 4.90. The lowest BCUT2D eigenvalue weighted by Crippen LogP contribution is -2.44. The first-order chi connectivity index (χ1) is 12.3. The number of halogens is 1. The largest absolute Gasteiger partial charge is 0.357 e. The van der Waals surface area contributed by atoms with Crippen LogP contribution >= 0.6 is 24.0 Å². The van der Waals surface area contributed by atoms with Crippen LogP contribution in [0.2, 0.25) is 0 Å². The highest BCUT2D eigenvalue weighted by Gasteiger charge is 2.22. The van der Waals surface area contributed by atoms with Gasteiger partial charge in [0.05, 0.1) is 12.1 Å². The van der Waals surface area contributed by atoms with Crippen molar-refractivity contribution in [2.75, 3.05) is 26.2 Å². The van der Waals surface area contributed by atoms with E-state index in [2.05, 4.69) is 52.6 Å². The Balaban J connectivity index is 0.00000243. The molecule has 2 aromatic rings. The van der Waals surface area contributed by atoms with Gasteiger partial charge in [0.15, 0.2) is 5.96 Å². The van der Waals surface area contributed by atoms with Gasteiger partial charge in [-0.25, -0.2) is 4.99 Å². The maximum absolute atomic E-state index is 4.79. The number of hydrogen-bond donors (Lipinski definition) is 2. The Hall–Kier alpha value is -1.41. The molecular formula is C20H30IN5. The maximum Gasteiger partial charge on any atom is 0.191 e. The highest BCUT2D eigenvalue weighted by atomic mass is 127. The van der Waals surface area contributed by atoms with E-state index in [9.17, 15) is 0 Å². The average molecular weight is 467 g/mol. The van der Waals surface area contributed by atoms with Crippen molar-refractivity contribution in [3.8, 4) is 0 Å². The van der Waals surface area contributed by atoms with Crippen LogP contribution < -0.4 is 10.6 Å². The number of para-hydroxylation sites is 1. The molecule has 0 radical (unpaired) electrons. The van der Waals surface area contributed by atoms with Crippen LogP contribution in [0, 0.1) is 0 Å². The number of benzene rings is 1. The Morgan fingerprint density at radius 3 is 2.88 bits per heavy atom. The summed E-state index contributed by atoms with van der Waals surface area (Å²) in [7, 11) is 0. The summed E-state index contributed by atoms with van der Waals surface area (Å²) < 4.78 is 0. The first-order valence-electron chi connectivity index (χ1n) is 9.40. The van der Waals surface area contributed by atoms with Gasteiger partial charge in [-0.15, -0.1) is 24.0 Å². The van der Waals surface area contributed by atoms with Crippen LogP contribution in [-0.4, -0.2) is 48.1 Å². The molecule has 1 unspecified atom stereocenters. The van der Waals surface area contributed by atoms with Gasteiger partial charge < -0.3 is 10.6 Å². The minimum absolute atomic E-state index is 0. The second-order valence-electron chi connectivity index (χ2n) is 6.49. The van der Waals surface area contributed by atoms with E-state index < -0.39 is 0 Å². The summed E-state index contributed by atoms with van der Waals surface area (Å²) in [5, 5.41) is 8.07. The van der Waals surface area contributed by atoms with E-state index in [1.54, 1.807) is 0 Å². The van der Waals surface area contributed by atoms with Crippen LogP contribution in [0.4, 0.5) is 0 Å². The van der Waals surface area contributed by atoms with Gasteiger partial charge in [-0.05, 0) is 50.6 Å². The zero-order chi connectivity index (χ0) is 17.5. The van der Waals surface area contributed by atoms with Gasteiger partial charge in [-0.2, -0.15) is 0 Å². The summed E-state index contributed by atoms with van der Waals surface area (Å²) >= 11 is 0. The summed E-state index contributed by atoms with van der Waals surface area (Å²) in [6.07, 6.45) is 4.44. The van der Waals surface area contributed by atoms with Crippen LogP contribution in [0.3, 0.4) is 0 Å². The van der Waals surface area contributed by atoms with Crippen LogP contribution in [0.25, 0.3) is 10.9 Å². The average Bonchev–Trinajstić information content (AvgIpc) is 3.11. The first-order valence-corrected chi connectivity index (χ1v) is 9.40. The summed E-state index contributed by atoms with van der Waals surface area (Å²) in [5.74, 6) is 0.895. The molecule has 5 nitrogen and oxygen atoms in total. The standard InChI is InChI=1S/C20H29N5.HI/c1-3-21-20(24-15-17-8-7-13-25(17)4-2)23-14-16-11-12-22-19-10-6-5-9-18(16)19;/h5-6,9-12,17H,3-4,7-8,13-15H2,1-2H3,(H2,21,23,24);1H. The number of fused-ring (bicyclic) bond motifs is 1. The number of aromatic nitrogens is 1. The monoisotopic (exact) mass is 467 g/mol. The molecule has 3 rings (SSSR count). The summed E-state index contributed by atoms with van der Waals surface area (Å²) in [5.41, 5.74) is 2.23. The molecule has 142 valence electrons. The highest BCUT2D eigenvalue weighted by molar-refractivity contribution is 14.0. The van der Waals surface area contributed by atoms with Gasteiger partial charge in [0.25, 0.3) is 0 Å². The summed E-state index contributed by atoms with van der Waals surface area (Å²) in [6, 6.07) is 10.9. The number of likely N-dealkylation sites (N-methyl/N-ethyl adjacent to an activating group) is 1. The van der Waals surface area contributed by atoms with Crippen molar-refractivity contribution < 1.29 is 0 Å². The predicted molar refractivity (Wildman–Crippen MR) is 120 cm³/mol. The number of nitrogens with one attached hydrogen (secondary N) is 2. The molecule has 1 fully saturated rings. The molecule has 0 spiro atoms. The van der Waals surface area contributed by atoms with E-state index >= 15 is 0 Å². The third kappa shape index (κ3) is 5.30. The molecule has 1 atom stereocenters. The molecule has 1 saturated heterocycles. The van der Waals surface area contributed by atoms with E-state index in [4.69, 9.17) is 4.99 Å². The molecule has 6 heteroatoms. The van der Waals surface area contributed by atoms with Crippen molar-refractivity contribution in [2.45, 2.75) is 39.3 Å². The van der Waals surface area contributed by atoms with Crippen molar-refractivity contribution in [1.29, 1.82) is 0 Å². The van der Waals surface area contributed by atoms with E-state index in [1.807, 2.05) is 18.3 Å². The Morgan fingerprint density at radius 1 is 1.23 bits per heavy atom. The van der Waals surface area contributed by atoms with Crippen molar-refractivity contribution in [3.63, 3.8) is 0 Å². The van der Waals surface area contributed by atoms with Gasteiger partial charge in [0, 0.05) is 30.7 Å². The molecule has 0 amide bonds. The number of hydrogen-bond acceptors (Lipinski definition) is 3. The maximum atomic E-state index is 4.79. The van der Waals surface area contributed by atoms with Gasteiger partial charge in [0.1, 0.15) is 0 Å². The van der Waals surface area contributed by atoms with Crippen molar-refractivity contribution >= 4 is 40.8 Å². The lowest BCUT2D eigenvalue weighted by molar-refractivity contribution is 0.267. The van der Waals surface area contributed by atoms with Crippen LogP contribution in [0.15, 0.2) is 41.5 Å². The fraction of sp³-hybridized carbons (Fsp3) is 0.500. The smallest absolute Gasteiger partial charge is 0.191 e. The number of likely N-dealkylation sites (tertiary alicyclic amines) is 1. The van der Waals surface area contributed by atoms with E-state index in [0.29, 0.717) is 12.6 Å². The zero-order valence-electron chi connectivity index (χ0n) is 15.7. The highest BCUT2D eigenvalue weighted by Crippen LogP contribution is 2.17. The van der Waals surface area contributed by atoms with E-state index in [0.717, 1.165) is 31.1 Å². The summed E-state index contributed by atoms with van der Waals surface area (Å²) in [6.45, 7) is 9.17. The molecule has 1 aromatic heterocycles. The van der Waals surface area contributed by atoms with E-state index in [1.165, 1.54) is 30.3 Å². The van der Waals surface area contributed by atoms with E-state index in [-0.39, 0.29) is 24.0 Å². The molecule has 1 aromatic carbocycles. The number of nitrogens with zero attached hydrogens (tertiary/aromatic N) is 3. The van der Waals surface area contributed by atoms with Crippen LogP contribution in [0.5, 0.6) is 0 Å².